The summed E-state index contributed by atoms with van der Waals surface area (Å²) in [6.07, 6.45) is 0. The van der Waals surface area contributed by atoms with E-state index in [4.69, 9.17) is 0 Å². The Balaban J connectivity index is -0.0000000450. The summed E-state index contributed by atoms with van der Waals surface area (Å²) in [7, 11) is 0. The molecule has 72 valence electrons. The molecule has 0 unspecified atom stereocenters. The molecule has 0 rings (SSSR count). The monoisotopic (exact) mass is 198 g/mol. The second kappa shape index (κ2) is 17.3. The van der Waals surface area contributed by atoms with Crippen molar-refractivity contribution in [1.82, 2.24) is 0 Å². The third-order valence-corrected chi connectivity index (χ3v) is 0. The molecule has 0 aromatic rings. The van der Waals surface area contributed by atoms with Gasteiger partial charge in [0.05, 0.1) is 0 Å². The number of hydrogen-bond acceptors (Lipinski definition) is 3. The molecular weight excluding hydrogens is 183 g/mol. The maximum Gasteiger partial charge on any atom is 3.00 e. The Kier molecular flexibility index (Phi) is 30.3. The van der Waals surface area contributed by atoms with Crippen LogP contribution >= 0.6 is 0 Å². The summed E-state index contributed by atoms with van der Waals surface area (Å²) in [6.45, 7) is 13.2. The summed E-state index contributed by atoms with van der Waals surface area (Å²) in [5, 5.41) is 28.0. The van der Waals surface area contributed by atoms with Gasteiger partial charge < -0.3 is 15.3 Å². The quantitative estimate of drug-likeness (QED) is 0.380. The summed E-state index contributed by atoms with van der Waals surface area (Å²) in [4.78, 5) is 0. The van der Waals surface area contributed by atoms with Gasteiger partial charge in [-0.2, -0.15) is 0 Å². The zero-order chi connectivity index (χ0) is 10.7. The zero-order valence-corrected chi connectivity index (χ0v) is 9.58. The molecule has 0 bridgehead atoms. The van der Waals surface area contributed by atoms with Crippen molar-refractivity contribution >= 4 is 17.4 Å². The van der Waals surface area contributed by atoms with Crippen LogP contribution in [0.4, 0.5) is 0 Å². The van der Waals surface area contributed by atoms with Gasteiger partial charge in [0, 0.05) is 0 Å². The van der Waals surface area contributed by atoms with Gasteiger partial charge in [0.2, 0.25) is 0 Å². The largest absolute Gasteiger partial charge is 3.00 e. The van der Waals surface area contributed by atoms with Crippen molar-refractivity contribution in [2.45, 2.75) is 20.8 Å². The Morgan fingerprint density at radius 3 is 0.692 bits per heavy atom. The smallest absolute Gasteiger partial charge is 0.876 e. The maximum absolute atomic E-state index is 9.33. The maximum atomic E-state index is 9.33. The van der Waals surface area contributed by atoms with Crippen LogP contribution in [0.5, 0.6) is 0 Å². The standard InChI is InChI=1S/3C3H6O.Al/c3*1-3(2)4;/h3*4H,1H2,2H3;/q;;;+3/p-3. The number of rotatable bonds is 0. The minimum Gasteiger partial charge on any atom is -0.876 e. The summed E-state index contributed by atoms with van der Waals surface area (Å²) in [6, 6.07) is 0. The molecule has 0 radical (unpaired) electrons. The fourth-order valence-electron chi connectivity index (χ4n) is 0. The van der Waals surface area contributed by atoms with Gasteiger partial charge in [0.25, 0.3) is 0 Å². The molecule has 0 aliphatic rings. The molecule has 0 atom stereocenters. The molecule has 0 heterocycles. The molecule has 3 nitrogen and oxygen atoms in total. The molecule has 0 aliphatic heterocycles. The molecule has 0 saturated heterocycles. The first-order valence-corrected chi connectivity index (χ1v) is 3.17. The van der Waals surface area contributed by atoms with Crippen molar-refractivity contribution in [3.05, 3.63) is 37.0 Å². The van der Waals surface area contributed by atoms with Crippen molar-refractivity contribution < 1.29 is 15.3 Å². The third-order valence-electron chi connectivity index (χ3n) is 0. The average molecular weight is 198 g/mol. The van der Waals surface area contributed by atoms with E-state index in [1.807, 2.05) is 0 Å². The second-order valence-corrected chi connectivity index (χ2v) is 2.11. The summed E-state index contributed by atoms with van der Waals surface area (Å²) in [5.41, 5.74) is 0. The minimum absolute atomic E-state index is 0. The van der Waals surface area contributed by atoms with E-state index in [1.165, 1.54) is 20.8 Å². The van der Waals surface area contributed by atoms with Crippen LogP contribution in [0.2, 0.25) is 0 Å². The Morgan fingerprint density at radius 2 is 0.692 bits per heavy atom. The predicted octanol–water partition coefficient (Wildman–Crippen LogP) is -0.740. The Morgan fingerprint density at radius 1 is 0.692 bits per heavy atom. The molecule has 0 aromatic carbocycles. The van der Waals surface area contributed by atoms with E-state index in [9.17, 15) is 15.3 Å². The van der Waals surface area contributed by atoms with Crippen LogP contribution in [0, 0.1) is 0 Å². The molecule has 0 N–H and O–H groups in total. The Bertz CT molecular complexity index is 112. The van der Waals surface area contributed by atoms with Gasteiger partial charge in [-0.3, -0.25) is 0 Å². The van der Waals surface area contributed by atoms with Crippen LogP contribution in [0.1, 0.15) is 20.8 Å². The summed E-state index contributed by atoms with van der Waals surface area (Å²) in [5.74, 6) is -0.250. The van der Waals surface area contributed by atoms with E-state index in [2.05, 4.69) is 19.7 Å². The molecule has 0 amide bonds. The van der Waals surface area contributed by atoms with Crippen molar-refractivity contribution in [3.8, 4) is 0 Å². The summed E-state index contributed by atoms with van der Waals surface area (Å²) < 4.78 is 0. The molecule has 4 heteroatoms. The zero-order valence-electron chi connectivity index (χ0n) is 8.42. The van der Waals surface area contributed by atoms with Crippen LogP contribution < -0.4 is 15.3 Å². The van der Waals surface area contributed by atoms with Gasteiger partial charge in [-0.25, -0.2) is 0 Å². The van der Waals surface area contributed by atoms with E-state index >= 15 is 0 Å². The molecule has 0 saturated carbocycles. The topological polar surface area (TPSA) is 69.2 Å². The Labute approximate surface area is 90.9 Å². The number of allylic oxidation sites excluding steroid dienone is 3. The minimum atomic E-state index is -0.0833. The van der Waals surface area contributed by atoms with Crippen LogP contribution in [0.25, 0.3) is 0 Å². The van der Waals surface area contributed by atoms with Crippen LogP contribution in [0.3, 0.4) is 0 Å². The normalized spacial score (nSPS) is 5.77. The van der Waals surface area contributed by atoms with Gasteiger partial charge in [-0.15, -0.1) is 37.0 Å². The molecule has 0 spiro atoms. The molecule has 13 heavy (non-hydrogen) atoms. The number of hydrogen-bond donors (Lipinski definition) is 0. The first-order chi connectivity index (χ1) is 5.20. The van der Waals surface area contributed by atoms with E-state index in [1.54, 1.807) is 0 Å². The first-order valence-electron chi connectivity index (χ1n) is 3.17. The fraction of sp³-hybridized carbons (Fsp3) is 0.333. The van der Waals surface area contributed by atoms with Gasteiger partial charge in [0.1, 0.15) is 0 Å². The van der Waals surface area contributed by atoms with Crippen LogP contribution in [0.15, 0.2) is 37.0 Å². The molecule has 0 aliphatic carbocycles. The van der Waals surface area contributed by atoms with Crippen molar-refractivity contribution in [2.75, 3.05) is 0 Å². The van der Waals surface area contributed by atoms with E-state index in [0.29, 0.717) is 0 Å². The Hall–Kier alpha value is -0.848. The van der Waals surface area contributed by atoms with E-state index in [-0.39, 0.29) is 34.6 Å². The molecular formula is C9H15AlO3. The second-order valence-electron chi connectivity index (χ2n) is 2.11. The van der Waals surface area contributed by atoms with Gasteiger partial charge in [-0.05, 0) is 0 Å². The molecule has 0 fully saturated rings. The molecule has 0 aromatic heterocycles. The first kappa shape index (κ1) is 22.7. The van der Waals surface area contributed by atoms with Gasteiger partial charge in [0.15, 0.2) is 0 Å². The van der Waals surface area contributed by atoms with E-state index in [0.717, 1.165) is 0 Å². The predicted molar refractivity (Wildman–Crippen MR) is 50.2 cm³/mol. The fourth-order valence-corrected chi connectivity index (χ4v) is 0. The van der Waals surface area contributed by atoms with Gasteiger partial charge >= 0.3 is 17.4 Å². The van der Waals surface area contributed by atoms with Crippen LogP contribution in [-0.4, -0.2) is 17.4 Å². The van der Waals surface area contributed by atoms with Gasteiger partial charge in [-0.1, -0.05) is 20.8 Å². The van der Waals surface area contributed by atoms with Crippen molar-refractivity contribution in [1.29, 1.82) is 0 Å². The third kappa shape index (κ3) is 1300. The van der Waals surface area contributed by atoms with E-state index < -0.39 is 0 Å². The SMILES string of the molecule is C=C(C)[O-].C=C(C)[O-].C=C(C)[O-].[Al+3]. The van der Waals surface area contributed by atoms with Crippen LogP contribution in [-0.2, 0) is 0 Å². The average Bonchev–Trinajstić information content (AvgIpc) is 1.54. The summed E-state index contributed by atoms with van der Waals surface area (Å²) >= 11 is 0. The van der Waals surface area contributed by atoms with Crippen molar-refractivity contribution in [3.63, 3.8) is 0 Å². The van der Waals surface area contributed by atoms with Crippen molar-refractivity contribution in [2.24, 2.45) is 0 Å².